The van der Waals surface area contributed by atoms with E-state index in [9.17, 15) is 4.79 Å². The van der Waals surface area contributed by atoms with E-state index >= 15 is 0 Å². The van der Waals surface area contributed by atoms with Gasteiger partial charge >= 0.3 is 0 Å². The van der Waals surface area contributed by atoms with Crippen LogP contribution in [0.4, 0.5) is 0 Å². The van der Waals surface area contributed by atoms with Crippen LogP contribution in [0, 0.1) is 0 Å². The van der Waals surface area contributed by atoms with Gasteiger partial charge in [-0.2, -0.15) is 0 Å². The maximum atomic E-state index is 11.5. The van der Waals surface area contributed by atoms with Gasteiger partial charge in [0.25, 0.3) is 0 Å². The highest BCUT2D eigenvalue weighted by molar-refractivity contribution is 5.79. The van der Waals surface area contributed by atoms with Gasteiger partial charge in [-0.15, -0.1) is 0 Å². The minimum atomic E-state index is 0.422. The Bertz CT molecular complexity index is 205. The van der Waals surface area contributed by atoms with Crippen LogP contribution >= 0.6 is 0 Å². The number of carbonyl (C=O) groups is 1. The summed E-state index contributed by atoms with van der Waals surface area (Å²) in [6.45, 7) is 0. The van der Waals surface area contributed by atoms with Gasteiger partial charge in [0.05, 0.1) is 0 Å². The number of ketones is 1. The Morgan fingerprint density at radius 1 is 0.688 bits per heavy atom. The molecule has 0 heterocycles. The van der Waals surface area contributed by atoms with Crippen LogP contribution in [0.2, 0.25) is 0 Å². The van der Waals surface area contributed by atoms with Crippen molar-refractivity contribution in [1.29, 1.82) is 0 Å². The Labute approximate surface area is 100 Å². The molecule has 0 unspecified atom stereocenters. The first-order chi connectivity index (χ1) is 7.89. The molecule has 1 nitrogen and oxygen atoms in total. The fourth-order valence-corrected chi connectivity index (χ4v) is 2.26. The van der Waals surface area contributed by atoms with E-state index in [0.717, 1.165) is 19.3 Å². The molecule has 1 aliphatic carbocycles. The van der Waals surface area contributed by atoms with Crippen molar-refractivity contribution in [3.05, 3.63) is 12.2 Å². The molecule has 0 saturated heterocycles. The molecule has 0 aromatic carbocycles. The fraction of sp³-hybridized carbons (Fsp3) is 0.800. The molecule has 92 valence electrons. The molecule has 0 amide bonds. The van der Waals surface area contributed by atoms with Gasteiger partial charge in [-0.25, -0.2) is 0 Å². The van der Waals surface area contributed by atoms with Gasteiger partial charge in [-0.3, -0.25) is 4.79 Å². The van der Waals surface area contributed by atoms with Gasteiger partial charge in [0.2, 0.25) is 0 Å². The van der Waals surface area contributed by atoms with Gasteiger partial charge in [-0.1, -0.05) is 57.1 Å². The summed E-state index contributed by atoms with van der Waals surface area (Å²) in [7, 11) is 0. The van der Waals surface area contributed by atoms with Crippen LogP contribution in [0.3, 0.4) is 0 Å². The molecule has 0 radical (unpaired) electrons. The number of Topliss-reactive ketones (excluding diaryl/α,β-unsaturated/α-hetero) is 1. The second kappa shape index (κ2) is 9.62. The third kappa shape index (κ3) is 7.67. The zero-order chi connectivity index (χ0) is 11.5. The molecule has 0 atom stereocenters. The van der Waals surface area contributed by atoms with E-state index in [1.807, 2.05) is 0 Å². The van der Waals surface area contributed by atoms with Gasteiger partial charge in [0, 0.05) is 12.8 Å². The topological polar surface area (TPSA) is 17.1 Å². The Morgan fingerprint density at radius 2 is 1.25 bits per heavy atom. The highest BCUT2D eigenvalue weighted by Crippen LogP contribution is 2.12. The minimum absolute atomic E-state index is 0.422. The molecule has 0 bridgehead atoms. The van der Waals surface area contributed by atoms with E-state index < -0.39 is 0 Å². The normalized spacial score (nSPS) is 24.4. The second-order valence-corrected chi connectivity index (χ2v) is 4.93. The molecular weight excluding hydrogens is 196 g/mol. The van der Waals surface area contributed by atoms with Crippen LogP contribution in [-0.2, 0) is 4.79 Å². The van der Waals surface area contributed by atoms with Crippen LogP contribution in [0.15, 0.2) is 12.2 Å². The molecule has 1 rings (SSSR count). The van der Waals surface area contributed by atoms with Crippen molar-refractivity contribution in [2.24, 2.45) is 0 Å². The molecule has 1 aliphatic rings. The Morgan fingerprint density at radius 3 is 1.94 bits per heavy atom. The standard InChI is InChI=1S/C15H26O/c16-15-13-11-9-7-5-3-1-2-4-6-8-10-12-14-15/h9,11H,1-8,10,12-14H2/b11-9+. The zero-order valence-corrected chi connectivity index (χ0v) is 10.5. The minimum Gasteiger partial charge on any atom is -0.299 e. The first kappa shape index (κ1) is 13.5. The van der Waals surface area contributed by atoms with Crippen LogP contribution in [0.25, 0.3) is 0 Å². The first-order valence-electron chi connectivity index (χ1n) is 7.06. The molecule has 0 fully saturated rings. The van der Waals surface area contributed by atoms with Gasteiger partial charge in [-0.05, 0) is 19.3 Å². The van der Waals surface area contributed by atoms with Crippen molar-refractivity contribution >= 4 is 5.78 Å². The molecule has 0 aliphatic heterocycles. The van der Waals surface area contributed by atoms with Crippen LogP contribution in [-0.4, -0.2) is 5.78 Å². The number of rotatable bonds is 0. The maximum Gasteiger partial charge on any atom is 0.136 e. The van der Waals surface area contributed by atoms with E-state index in [-0.39, 0.29) is 0 Å². The van der Waals surface area contributed by atoms with Gasteiger partial charge in [0.15, 0.2) is 0 Å². The summed E-state index contributed by atoms with van der Waals surface area (Å²) in [5.74, 6) is 0.422. The molecule has 0 spiro atoms. The van der Waals surface area contributed by atoms with Crippen molar-refractivity contribution in [3.8, 4) is 0 Å². The van der Waals surface area contributed by atoms with Crippen molar-refractivity contribution in [2.75, 3.05) is 0 Å². The number of hydrogen-bond donors (Lipinski definition) is 0. The molecule has 0 saturated carbocycles. The second-order valence-electron chi connectivity index (χ2n) is 4.93. The molecular formula is C15H26O. The van der Waals surface area contributed by atoms with Crippen LogP contribution in [0.1, 0.15) is 77.0 Å². The van der Waals surface area contributed by atoms with E-state index in [1.165, 1.54) is 51.4 Å². The zero-order valence-electron chi connectivity index (χ0n) is 10.5. The SMILES string of the molecule is O=C1C/C=C/CCCCCCCCCCC1. The number of allylic oxidation sites excluding steroid dienone is 2. The predicted octanol–water partition coefficient (Wildman–Crippen LogP) is 4.81. The molecule has 0 aromatic rings. The third-order valence-corrected chi connectivity index (χ3v) is 3.34. The first-order valence-corrected chi connectivity index (χ1v) is 7.06. The summed E-state index contributed by atoms with van der Waals surface area (Å²) in [6, 6.07) is 0. The molecule has 0 N–H and O–H groups in total. The average Bonchev–Trinajstić information content (AvgIpc) is 2.29. The Hall–Kier alpha value is -0.590. The summed E-state index contributed by atoms with van der Waals surface area (Å²) < 4.78 is 0. The predicted molar refractivity (Wildman–Crippen MR) is 69.6 cm³/mol. The molecule has 1 heteroatoms. The summed E-state index contributed by atoms with van der Waals surface area (Å²) in [5.41, 5.74) is 0. The van der Waals surface area contributed by atoms with Crippen molar-refractivity contribution in [2.45, 2.75) is 77.0 Å². The van der Waals surface area contributed by atoms with Crippen LogP contribution < -0.4 is 0 Å². The lowest BCUT2D eigenvalue weighted by atomic mass is 10.1. The van der Waals surface area contributed by atoms with Crippen molar-refractivity contribution in [3.63, 3.8) is 0 Å². The third-order valence-electron chi connectivity index (χ3n) is 3.34. The summed E-state index contributed by atoms with van der Waals surface area (Å²) in [5, 5.41) is 0. The lowest BCUT2D eigenvalue weighted by Crippen LogP contribution is -1.95. The Kier molecular flexibility index (Phi) is 8.10. The van der Waals surface area contributed by atoms with Gasteiger partial charge in [0.1, 0.15) is 5.78 Å². The molecule has 16 heavy (non-hydrogen) atoms. The van der Waals surface area contributed by atoms with E-state index in [4.69, 9.17) is 0 Å². The largest absolute Gasteiger partial charge is 0.299 e. The lowest BCUT2D eigenvalue weighted by Gasteiger charge is -2.01. The Balaban J connectivity index is 2.21. The van der Waals surface area contributed by atoms with E-state index in [1.54, 1.807) is 0 Å². The van der Waals surface area contributed by atoms with E-state index in [2.05, 4.69) is 12.2 Å². The lowest BCUT2D eigenvalue weighted by molar-refractivity contribution is -0.118. The smallest absolute Gasteiger partial charge is 0.136 e. The van der Waals surface area contributed by atoms with Crippen molar-refractivity contribution in [1.82, 2.24) is 0 Å². The van der Waals surface area contributed by atoms with Gasteiger partial charge < -0.3 is 0 Å². The summed E-state index contributed by atoms with van der Waals surface area (Å²) in [6.07, 6.45) is 18.8. The highest BCUT2D eigenvalue weighted by Gasteiger charge is 1.99. The highest BCUT2D eigenvalue weighted by atomic mass is 16.1. The molecule has 0 aromatic heterocycles. The maximum absolute atomic E-state index is 11.5. The fourth-order valence-electron chi connectivity index (χ4n) is 2.26. The van der Waals surface area contributed by atoms with E-state index in [0.29, 0.717) is 12.2 Å². The average molecular weight is 222 g/mol. The van der Waals surface area contributed by atoms with Crippen molar-refractivity contribution < 1.29 is 4.79 Å². The number of carbonyl (C=O) groups excluding carboxylic acids is 1. The van der Waals surface area contributed by atoms with Crippen LogP contribution in [0.5, 0.6) is 0 Å². The summed E-state index contributed by atoms with van der Waals surface area (Å²) >= 11 is 0. The quantitative estimate of drug-likeness (QED) is 0.538. The summed E-state index contributed by atoms with van der Waals surface area (Å²) in [4.78, 5) is 11.5. The monoisotopic (exact) mass is 222 g/mol. The number of hydrogen-bond acceptors (Lipinski definition) is 1.